The zero-order valence-electron chi connectivity index (χ0n) is 11.9. The van der Waals surface area contributed by atoms with Gasteiger partial charge in [0.1, 0.15) is 5.82 Å². The summed E-state index contributed by atoms with van der Waals surface area (Å²) in [6.07, 6.45) is 2.23. The second kappa shape index (κ2) is 8.34. The highest BCUT2D eigenvalue weighted by Crippen LogP contribution is 2.13. The molecule has 0 aliphatic carbocycles. The summed E-state index contributed by atoms with van der Waals surface area (Å²) in [4.78, 5) is 13.9. The van der Waals surface area contributed by atoms with Crippen molar-refractivity contribution in [2.24, 2.45) is 0 Å². The van der Waals surface area contributed by atoms with Gasteiger partial charge < -0.3 is 10.0 Å². The van der Waals surface area contributed by atoms with Gasteiger partial charge in [0.05, 0.1) is 12.2 Å². The first-order valence-electron chi connectivity index (χ1n) is 6.75. The minimum atomic E-state index is -0.454. The molecular formula is C16H20FNO2. The van der Waals surface area contributed by atoms with Crippen molar-refractivity contribution in [2.45, 2.75) is 26.2 Å². The highest BCUT2D eigenvalue weighted by molar-refractivity contribution is 5.96. The van der Waals surface area contributed by atoms with Gasteiger partial charge in [-0.05, 0) is 24.6 Å². The summed E-state index contributed by atoms with van der Waals surface area (Å²) < 4.78 is 13.4. The first-order chi connectivity index (χ1) is 9.60. The molecule has 1 aromatic rings. The van der Waals surface area contributed by atoms with E-state index >= 15 is 0 Å². The van der Waals surface area contributed by atoms with Crippen molar-refractivity contribution in [1.29, 1.82) is 0 Å². The normalized spacial score (nSPS) is 9.80. The quantitative estimate of drug-likeness (QED) is 0.840. The largest absolute Gasteiger partial charge is 0.395 e. The summed E-state index contributed by atoms with van der Waals surface area (Å²) in [6, 6.07) is 4.00. The van der Waals surface area contributed by atoms with Crippen molar-refractivity contribution >= 4 is 5.91 Å². The first kappa shape index (κ1) is 16.2. The Labute approximate surface area is 119 Å². The van der Waals surface area contributed by atoms with Gasteiger partial charge in [-0.3, -0.25) is 4.79 Å². The van der Waals surface area contributed by atoms with E-state index in [1.54, 1.807) is 11.9 Å². The van der Waals surface area contributed by atoms with Crippen LogP contribution in [0, 0.1) is 17.7 Å². The van der Waals surface area contributed by atoms with E-state index in [9.17, 15) is 9.18 Å². The Balaban J connectivity index is 3.00. The van der Waals surface area contributed by atoms with E-state index < -0.39 is 5.82 Å². The number of nitrogens with zero attached hydrogens (tertiary/aromatic N) is 1. The molecule has 0 atom stereocenters. The Morgan fingerprint density at radius 1 is 1.45 bits per heavy atom. The molecule has 0 radical (unpaired) electrons. The molecule has 0 spiro atoms. The zero-order valence-corrected chi connectivity index (χ0v) is 11.9. The van der Waals surface area contributed by atoms with E-state index in [1.165, 1.54) is 18.2 Å². The Morgan fingerprint density at radius 3 is 2.85 bits per heavy atom. The van der Waals surface area contributed by atoms with Gasteiger partial charge in [0.15, 0.2) is 0 Å². The van der Waals surface area contributed by atoms with E-state index in [0.29, 0.717) is 18.5 Å². The molecular weight excluding hydrogens is 257 g/mol. The number of aliphatic hydroxyl groups is 1. The molecule has 20 heavy (non-hydrogen) atoms. The van der Waals surface area contributed by atoms with Gasteiger partial charge in [-0.25, -0.2) is 4.39 Å². The van der Waals surface area contributed by atoms with Crippen molar-refractivity contribution in [3.63, 3.8) is 0 Å². The van der Waals surface area contributed by atoms with Gasteiger partial charge in [0.25, 0.3) is 5.91 Å². The molecule has 4 heteroatoms. The molecule has 0 heterocycles. The molecule has 0 unspecified atom stereocenters. The number of benzene rings is 1. The number of unbranched alkanes of at least 4 members (excludes halogenated alkanes) is 1. The molecule has 0 aliphatic heterocycles. The summed E-state index contributed by atoms with van der Waals surface area (Å²) >= 11 is 0. The lowest BCUT2D eigenvalue weighted by atomic mass is 10.1. The van der Waals surface area contributed by atoms with Crippen LogP contribution >= 0.6 is 0 Å². The summed E-state index contributed by atoms with van der Waals surface area (Å²) in [5.74, 6) is 4.88. The Kier molecular flexibility index (Phi) is 6.75. The zero-order chi connectivity index (χ0) is 15.0. The fraction of sp³-hybridized carbons (Fsp3) is 0.438. The lowest BCUT2D eigenvalue weighted by molar-refractivity contribution is 0.0792. The van der Waals surface area contributed by atoms with Crippen LogP contribution in [0.25, 0.3) is 0 Å². The number of hydrogen-bond donors (Lipinski definition) is 1. The minimum absolute atomic E-state index is 0.0339. The maximum Gasteiger partial charge on any atom is 0.254 e. The maximum absolute atomic E-state index is 13.4. The number of hydrogen-bond acceptors (Lipinski definition) is 2. The van der Waals surface area contributed by atoms with Crippen LogP contribution in [0.3, 0.4) is 0 Å². The second-order valence-electron chi connectivity index (χ2n) is 4.55. The van der Waals surface area contributed by atoms with Crippen LogP contribution in [-0.2, 0) is 0 Å². The lowest BCUT2D eigenvalue weighted by Gasteiger charge is -2.17. The van der Waals surface area contributed by atoms with Crippen molar-refractivity contribution in [2.75, 3.05) is 20.2 Å². The van der Waals surface area contributed by atoms with Crippen molar-refractivity contribution in [1.82, 2.24) is 4.90 Å². The molecule has 0 aromatic heterocycles. The van der Waals surface area contributed by atoms with Crippen LogP contribution in [-0.4, -0.2) is 36.1 Å². The standard InChI is InChI=1S/C16H20FNO2/c1-3-4-10-18(2)16(20)15-12-14(17)9-8-13(15)7-5-6-11-19/h8-9,12,19H,3-4,6,10-11H2,1-2H3. The molecule has 1 aromatic carbocycles. The fourth-order valence-electron chi connectivity index (χ4n) is 1.72. The Morgan fingerprint density at radius 2 is 2.20 bits per heavy atom. The number of carbonyl (C=O) groups is 1. The molecule has 1 rings (SSSR count). The highest BCUT2D eigenvalue weighted by Gasteiger charge is 2.15. The lowest BCUT2D eigenvalue weighted by Crippen LogP contribution is -2.28. The number of aliphatic hydroxyl groups excluding tert-OH is 1. The molecule has 0 saturated heterocycles. The Bertz CT molecular complexity index is 517. The SMILES string of the molecule is CCCCN(C)C(=O)c1cc(F)ccc1C#CCCO. The summed E-state index contributed by atoms with van der Waals surface area (Å²) in [5, 5.41) is 8.71. The average Bonchev–Trinajstić information content (AvgIpc) is 2.45. The topological polar surface area (TPSA) is 40.5 Å². The fourth-order valence-corrected chi connectivity index (χ4v) is 1.72. The van der Waals surface area contributed by atoms with E-state index in [2.05, 4.69) is 11.8 Å². The summed E-state index contributed by atoms with van der Waals surface area (Å²) in [6.45, 7) is 2.65. The average molecular weight is 277 g/mol. The van der Waals surface area contributed by atoms with Crippen LogP contribution in [0.1, 0.15) is 42.1 Å². The predicted octanol–water partition coefficient (Wildman–Crippen LogP) is 2.43. The molecule has 0 bridgehead atoms. The number of amides is 1. The molecule has 3 nitrogen and oxygen atoms in total. The van der Waals surface area contributed by atoms with E-state index in [4.69, 9.17) is 5.11 Å². The van der Waals surface area contributed by atoms with Crippen molar-refractivity contribution in [3.05, 3.63) is 35.1 Å². The second-order valence-corrected chi connectivity index (χ2v) is 4.55. The van der Waals surface area contributed by atoms with E-state index in [1.807, 2.05) is 6.92 Å². The molecule has 1 N–H and O–H groups in total. The Hall–Kier alpha value is -1.86. The minimum Gasteiger partial charge on any atom is -0.395 e. The number of carbonyl (C=O) groups excluding carboxylic acids is 1. The molecule has 0 aliphatic rings. The van der Waals surface area contributed by atoms with Gasteiger partial charge in [-0.1, -0.05) is 25.2 Å². The number of rotatable bonds is 5. The van der Waals surface area contributed by atoms with Gasteiger partial charge in [0, 0.05) is 25.6 Å². The highest BCUT2D eigenvalue weighted by atomic mass is 19.1. The molecule has 1 amide bonds. The van der Waals surface area contributed by atoms with Crippen LogP contribution in [0.5, 0.6) is 0 Å². The van der Waals surface area contributed by atoms with E-state index in [-0.39, 0.29) is 18.1 Å². The monoisotopic (exact) mass is 277 g/mol. The van der Waals surface area contributed by atoms with Crippen LogP contribution in [0.2, 0.25) is 0 Å². The van der Waals surface area contributed by atoms with Gasteiger partial charge >= 0.3 is 0 Å². The van der Waals surface area contributed by atoms with Gasteiger partial charge in [-0.15, -0.1) is 0 Å². The van der Waals surface area contributed by atoms with Crippen LogP contribution < -0.4 is 0 Å². The maximum atomic E-state index is 13.4. The van der Waals surface area contributed by atoms with Crippen molar-refractivity contribution < 1.29 is 14.3 Å². The smallest absolute Gasteiger partial charge is 0.254 e. The third-order valence-electron chi connectivity index (χ3n) is 2.87. The molecule has 108 valence electrons. The summed E-state index contributed by atoms with van der Waals surface area (Å²) in [7, 11) is 1.70. The predicted molar refractivity (Wildman–Crippen MR) is 76.8 cm³/mol. The van der Waals surface area contributed by atoms with Crippen LogP contribution in [0.4, 0.5) is 4.39 Å². The van der Waals surface area contributed by atoms with E-state index in [0.717, 1.165) is 12.8 Å². The number of halogens is 1. The summed E-state index contributed by atoms with van der Waals surface area (Å²) in [5.41, 5.74) is 0.766. The van der Waals surface area contributed by atoms with Crippen LogP contribution in [0.15, 0.2) is 18.2 Å². The van der Waals surface area contributed by atoms with Gasteiger partial charge in [-0.2, -0.15) is 0 Å². The molecule has 0 saturated carbocycles. The first-order valence-corrected chi connectivity index (χ1v) is 6.75. The van der Waals surface area contributed by atoms with Gasteiger partial charge in [0.2, 0.25) is 0 Å². The van der Waals surface area contributed by atoms with Crippen molar-refractivity contribution in [3.8, 4) is 11.8 Å². The third kappa shape index (κ3) is 4.67. The molecule has 0 fully saturated rings. The third-order valence-corrected chi connectivity index (χ3v) is 2.87.